The van der Waals surface area contributed by atoms with E-state index < -0.39 is 47.5 Å². The number of fused-ring (bicyclic) bond motifs is 7. The van der Waals surface area contributed by atoms with Gasteiger partial charge in [-0.15, -0.1) is 0 Å². The topological polar surface area (TPSA) is 140 Å². The second kappa shape index (κ2) is 11.7. The lowest BCUT2D eigenvalue weighted by Gasteiger charge is -2.35. The number of nitrogens with one attached hydrogen (secondary N) is 1. The van der Waals surface area contributed by atoms with Crippen molar-refractivity contribution in [3.8, 4) is 11.6 Å². The third-order valence-electron chi connectivity index (χ3n) is 10.1. The molecule has 2 aliphatic carbocycles. The van der Waals surface area contributed by atoms with Gasteiger partial charge in [0.15, 0.2) is 0 Å². The Kier molecular flexibility index (Phi) is 8.09. The van der Waals surface area contributed by atoms with E-state index in [2.05, 4.69) is 5.32 Å². The second-order valence-electron chi connectivity index (χ2n) is 14.2. The summed E-state index contributed by atoms with van der Waals surface area (Å²) in [6, 6.07) is 3.40. The molecule has 1 aromatic heterocycles. The molecular formula is C33H44N4O7. The van der Waals surface area contributed by atoms with Gasteiger partial charge in [0.2, 0.25) is 11.8 Å². The minimum absolute atomic E-state index is 0.0333. The molecule has 1 unspecified atom stereocenters. The predicted molar refractivity (Wildman–Crippen MR) is 161 cm³/mol. The Bertz CT molecular complexity index is 1440. The van der Waals surface area contributed by atoms with Crippen molar-refractivity contribution in [3.63, 3.8) is 0 Å². The van der Waals surface area contributed by atoms with E-state index in [-0.39, 0.29) is 12.6 Å². The van der Waals surface area contributed by atoms with Gasteiger partial charge in [-0.3, -0.25) is 4.79 Å². The summed E-state index contributed by atoms with van der Waals surface area (Å²) in [5.41, 5.74) is 1.36. The fraction of sp³-hybridized carbons (Fsp3) is 0.667. The molecule has 238 valence electrons. The maximum absolute atomic E-state index is 14.1. The molecule has 6 rings (SSSR count). The van der Waals surface area contributed by atoms with Crippen LogP contribution in [0.25, 0.3) is 11.0 Å². The number of benzene rings is 1. The molecule has 2 N–H and O–H groups in total. The van der Waals surface area contributed by atoms with E-state index in [4.69, 9.17) is 24.2 Å². The average molecular weight is 609 g/mol. The number of amides is 2. The predicted octanol–water partition coefficient (Wildman–Crippen LogP) is 4.60. The number of methoxy groups -OCH3 is 1. The first kappa shape index (κ1) is 30.4. The number of aliphatic carboxylic acids is 1. The van der Waals surface area contributed by atoms with Gasteiger partial charge >= 0.3 is 12.1 Å². The fourth-order valence-electron chi connectivity index (χ4n) is 7.58. The quantitative estimate of drug-likeness (QED) is 0.501. The normalized spacial score (nSPS) is 32.7. The zero-order valence-electron chi connectivity index (χ0n) is 26.2. The highest BCUT2D eigenvalue weighted by molar-refractivity contribution is 5.90. The Morgan fingerprint density at radius 2 is 1.84 bits per heavy atom. The van der Waals surface area contributed by atoms with E-state index in [0.29, 0.717) is 41.3 Å². The molecule has 1 saturated heterocycles. The van der Waals surface area contributed by atoms with Gasteiger partial charge in [-0.2, -0.15) is 0 Å². The number of hydrogen-bond donors (Lipinski definition) is 2. The molecule has 3 heterocycles. The number of hydrogen-bond acceptors (Lipinski definition) is 8. The average Bonchev–Trinajstić information content (AvgIpc) is 3.53. The molecule has 8 atom stereocenters. The van der Waals surface area contributed by atoms with Crippen molar-refractivity contribution in [2.75, 3.05) is 13.7 Å². The number of aryl methyl sites for hydroxylation is 1. The Labute approximate surface area is 258 Å². The molecule has 4 aliphatic rings. The summed E-state index contributed by atoms with van der Waals surface area (Å²) in [5.74, 6) is 0.381. The summed E-state index contributed by atoms with van der Waals surface area (Å²) in [6.07, 6.45) is 5.16. The number of carbonyl (C=O) groups is 3. The van der Waals surface area contributed by atoms with Crippen LogP contribution in [0.5, 0.6) is 11.6 Å². The highest BCUT2D eigenvalue weighted by atomic mass is 16.6. The van der Waals surface area contributed by atoms with E-state index >= 15 is 0 Å². The van der Waals surface area contributed by atoms with Gasteiger partial charge in [-0.25, -0.2) is 19.6 Å². The first-order valence-electron chi connectivity index (χ1n) is 16.0. The number of alkyl carbamates (subject to hydrolysis) is 1. The van der Waals surface area contributed by atoms with E-state index in [1.165, 1.54) is 11.3 Å². The fourth-order valence-corrected chi connectivity index (χ4v) is 7.58. The van der Waals surface area contributed by atoms with E-state index in [9.17, 15) is 19.5 Å². The van der Waals surface area contributed by atoms with Gasteiger partial charge in [0.05, 0.1) is 24.7 Å². The van der Waals surface area contributed by atoms with Crippen molar-refractivity contribution in [3.05, 3.63) is 23.9 Å². The molecule has 2 bridgehead atoms. The van der Waals surface area contributed by atoms with Crippen molar-refractivity contribution in [1.29, 1.82) is 0 Å². The van der Waals surface area contributed by atoms with Crippen LogP contribution in [-0.4, -0.2) is 75.9 Å². The van der Waals surface area contributed by atoms with Crippen molar-refractivity contribution in [1.82, 2.24) is 20.2 Å². The Morgan fingerprint density at radius 1 is 1.05 bits per heavy atom. The van der Waals surface area contributed by atoms with Crippen molar-refractivity contribution in [2.45, 2.75) is 96.9 Å². The molecule has 11 heteroatoms. The number of carboxylic acid groups (broad SMARTS) is 1. The summed E-state index contributed by atoms with van der Waals surface area (Å²) in [4.78, 5) is 51.0. The monoisotopic (exact) mass is 608 g/mol. The van der Waals surface area contributed by atoms with Crippen LogP contribution >= 0.6 is 0 Å². The number of aromatic nitrogens is 2. The lowest BCUT2D eigenvalue weighted by Crippen LogP contribution is -2.57. The van der Waals surface area contributed by atoms with Crippen LogP contribution in [0.1, 0.15) is 71.9 Å². The highest BCUT2D eigenvalue weighted by Crippen LogP contribution is 2.57. The maximum Gasteiger partial charge on any atom is 0.408 e. The summed E-state index contributed by atoms with van der Waals surface area (Å²) in [6.45, 7) is 7.36. The molecule has 2 aromatic rings. The molecule has 11 nitrogen and oxygen atoms in total. The summed E-state index contributed by atoms with van der Waals surface area (Å²) in [5, 5.41) is 13.1. The Balaban J connectivity index is 1.36. The third kappa shape index (κ3) is 5.89. The smallest absolute Gasteiger partial charge is 0.408 e. The Morgan fingerprint density at radius 3 is 2.57 bits per heavy atom. The number of nitrogens with zero attached hydrogens (tertiary/aromatic N) is 3. The largest absolute Gasteiger partial charge is 0.497 e. The SMILES string of the molecule is COc1ccc2nc3c(nc2c1)O[C@H]1CN(C(=O)[C@H](C(C)(C)C)NC(=O)O[C@@H]2CC4C[C@@H]4[C@H]2CCCCC3)[C@H](C(=O)O)[C@@H]1C. The molecule has 1 aromatic carbocycles. The highest BCUT2D eigenvalue weighted by Gasteiger charge is 2.55. The van der Waals surface area contributed by atoms with Crippen LogP contribution in [0, 0.1) is 29.1 Å². The maximum atomic E-state index is 14.1. The van der Waals surface area contributed by atoms with Gasteiger partial charge < -0.3 is 29.5 Å². The van der Waals surface area contributed by atoms with Crippen LogP contribution < -0.4 is 14.8 Å². The third-order valence-corrected chi connectivity index (χ3v) is 10.1. The van der Waals surface area contributed by atoms with Gasteiger partial charge in [-0.05, 0) is 67.4 Å². The minimum atomic E-state index is -1.14. The van der Waals surface area contributed by atoms with E-state index in [1.807, 2.05) is 32.9 Å². The zero-order chi connectivity index (χ0) is 31.3. The molecule has 3 fully saturated rings. The molecule has 44 heavy (non-hydrogen) atoms. The van der Waals surface area contributed by atoms with Crippen molar-refractivity contribution in [2.24, 2.45) is 29.1 Å². The molecular weight excluding hydrogens is 564 g/mol. The number of carboxylic acids is 1. The number of carbonyl (C=O) groups excluding carboxylic acids is 2. The van der Waals surface area contributed by atoms with Crippen molar-refractivity contribution >= 4 is 29.0 Å². The number of rotatable bonds is 2. The lowest BCUT2D eigenvalue weighted by molar-refractivity contribution is -0.151. The van der Waals surface area contributed by atoms with Crippen LogP contribution in [0.15, 0.2) is 18.2 Å². The summed E-state index contributed by atoms with van der Waals surface area (Å²) >= 11 is 0. The van der Waals surface area contributed by atoms with Gasteiger partial charge in [-0.1, -0.05) is 40.5 Å². The van der Waals surface area contributed by atoms with Gasteiger partial charge in [0.1, 0.15) is 35.7 Å². The van der Waals surface area contributed by atoms with E-state index in [1.54, 1.807) is 20.1 Å². The summed E-state index contributed by atoms with van der Waals surface area (Å²) in [7, 11) is 1.59. The lowest BCUT2D eigenvalue weighted by atomic mass is 9.85. The van der Waals surface area contributed by atoms with Crippen LogP contribution in [-0.2, 0) is 20.7 Å². The van der Waals surface area contributed by atoms with Crippen LogP contribution in [0.2, 0.25) is 0 Å². The molecule has 0 spiro atoms. The second-order valence-corrected chi connectivity index (χ2v) is 14.2. The first-order valence-corrected chi connectivity index (χ1v) is 16.0. The minimum Gasteiger partial charge on any atom is -0.497 e. The molecule has 2 saturated carbocycles. The van der Waals surface area contributed by atoms with Crippen LogP contribution in [0.4, 0.5) is 4.79 Å². The standard InChI is InChI=1S/C33H44N4O7/c1-17-26-16-37(27(17)31(39)40)30(38)28(33(2,3)4)36-32(41)44-25-14-18-13-21(18)20(25)9-7-6-8-10-23-29(43-26)35-24-15-19(42-5)11-12-22(24)34-23/h11-12,15,17-18,20-21,25-28H,6-10,13-14,16H2,1-5H3,(H,36,41)(H,39,40)/t17-,18?,20-,21+,25-,26+,27+,28-/m1/s1. The van der Waals surface area contributed by atoms with Crippen LogP contribution in [0.3, 0.4) is 0 Å². The molecule has 2 amide bonds. The molecule has 2 aliphatic heterocycles. The van der Waals surface area contributed by atoms with Crippen molar-refractivity contribution < 1.29 is 33.7 Å². The first-order chi connectivity index (χ1) is 20.9. The van der Waals surface area contributed by atoms with E-state index in [0.717, 1.165) is 43.3 Å². The Hall–Kier alpha value is -3.63. The molecule has 0 radical (unpaired) electrons. The van der Waals surface area contributed by atoms with Gasteiger partial charge in [0, 0.05) is 12.0 Å². The zero-order valence-corrected chi connectivity index (χ0v) is 26.2. The summed E-state index contributed by atoms with van der Waals surface area (Å²) < 4.78 is 17.9. The number of ether oxygens (including phenoxy) is 3. The van der Waals surface area contributed by atoms with Gasteiger partial charge in [0.25, 0.3) is 0 Å².